The monoisotopic (exact) mass is 409 g/mol. The number of aromatic nitrogens is 5. The van der Waals surface area contributed by atoms with E-state index in [4.69, 9.17) is 4.42 Å². The molecule has 0 saturated heterocycles. The molecule has 0 bridgehead atoms. The van der Waals surface area contributed by atoms with Crippen LogP contribution in [0.1, 0.15) is 23.0 Å². The van der Waals surface area contributed by atoms with Crippen molar-refractivity contribution in [2.75, 3.05) is 5.32 Å². The Morgan fingerprint density at radius 3 is 2.86 bits per heavy atom. The number of carbonyl (C=O) groups is 2. The fraction of sp³-hybridized carbons (Fsp3) is 0.111. The van der Waals surface area contributed by atoms with Gasteiger partial charge in [0.05, 0.1) is 17.8 Å². The number of nitrogens with one attached hydrogen (secondary N) is 2. The molecule has 3 heterocycles. The Kier molecular flexibility index (Phi) is 5.12. The first kappa shape index (κ1) is 18.5. The Labute approximate surface area is 168 Å². The minimum atomic E-state index is -0.331. The Hall–Kier alpha value is -3.86. The molecular formula is C18H15N7O3S. The number of amides is 2. The quantitative estimate of drug-likeness (QED) is 0.500. The van der Waals surface area contributed by atoms with Crippen LogP contribution >= 0.6 is 11.3 Å². The van der Waals surface area contributed by atoms with E-state index in [1.807, 2.05) is 0 Å². The molecule has 0 unspecified atom stereocenters. The lowest BCUT2D eigenvalue weighted by Crippen LogP contribution is -2.18. The van der Waals surface area contributed by atoms with Crippen LogP contribution in [-0.4, -0.2) is 37.0 Å². The normalized spacial score (nSPS) is 10.7. The van der Waals surface area contributed by atoms with Gasteiger partial charge in [0, 0.05) is 12.3 Å². The Bertz CT molecular complexity index is 1150. The molecule has 0 fully saturated rings. The van der Waals surface area contributed by atoms with Gasteiger partial charge < -0.3 is 9.73 Å². The molecule has 4 aromatic rings. The van der Waals surface area contributed by atoms with Gasteiger partial charge in [0.2, 0.25) is 5.91 Å². The zero-order chi connectivity index (χ0) is 20.2. The summed E-state index contributed by atoms with van der Waals surface area (Å²) in [5.41, 5.74) is 1.56. The molecule has 0 saturated carbocycles. The van der Waals surface area contributed by atoms with E-state index < -0.39 is 0 Å². The smallest absolute Gasteiger partial charge is 0.259 e. The van der Waals surface area contributed by atoms with Crippen LogP contribution in [0, 0.1) is 0 Å². The number of benzene rings is 1. The minimum Gasteiger partial charge on any atom is -0.458 e. The number of anilines is 1. The predicted molar refractivity (Wildman–Crippen MR) is 104 cm³/mol. The third kappa shape index (κ3) is 4.19. The summed E-state index contributed by atoms with van der Waals surface area (Å²) in [6.07, 6.45) is 1.42. The summed E-state index contributed by atoms with van der Waals surface area (Å²) in [5.74, 6) is 0.701. The van der Waals surface area contributed by atoms with Crippen LogP contribution in [0.2, 0.25) is 0 Å². The molecule has 2 N–H and O–H groups in total. The van der Waals surface area contributed by atoms with Crippen molar-refractivity contribution in [3.63, 3.8) is 0 Å². The number of tetrazole rings is 1. The summed E-state index contributed by atoms with van der Waals surface area (Å²) in [6.45, 7) is 1.74. The first-order valence-corrected chi connectivity index (χ1v) is 9.41. The minimum absolute atomic E-state index is 0.136. The average molecular weight is 409 g/mol. The average Bonchev–Trinajstić information content (AvgIpc) is 3.47. The third-order valence-electron chi connectivity index (χ3n) is 3.89. The second kappa shape index (κ2) is 8.02. The van der Waals surface area contributed by atoms with E-state index in [0.29, 0.717) is 40.1 Å². The number of carbonyl (C=O) groups excluding carboxylic acids is 2. The number of furan rings is 1. The topological polar surface area (TPSA) is 128 Å². The highest BCUT2D eigenvalue weighted by Gasteiger charge is 2.16. The standard InChI is InChI=1S/C18H15N7O3S/c1-11(26)19-8-12-6-7-16(28-12)14-9-29-18(21-14)22-17(27)13-4-2-3-5-15(13)25-10-20-23-24-25/h2-7,9-10H,8H2,1H3,(H,19,26)(H,21,22,27). The van der Waals surface area contributed by atoms with E-state index in [-0.39, 0.29) is 11.8 Å². The maximum Gasteiger partial charge on any atom is 0.259 e. The van der Waals surface area contributed by atoms with Crippen molar-refractivity contribution < 1.29 is 14.0 Å². The van der Waals surface area contributed by atoms with Crippen LogP contribution in [0.25, 0.3) is 17.1 Å². The van der Waals surface area contributed by atoms with Gasteiger partial charge >= 0.3 is 0 Å². The van der Waals surface area contributed by atoms with Gasteiger partial charge in [-0.25, -0.2) is 4.98 Å². The van der Waals surface area contributed by atoms with Gasteiger partial charge in [-0.1, -0.05) is 12.1 Å². The van der Waals surface area contributed by atoms with Gasteiger partial charge in [0.25, 0.3) is 5.91 Å². The van der Waals surface area contributed by atoms with Crippen molar-refractivity contribution in [1.82, 2.24) is 30.5 Å². The molecular weight excluding hydrogens is 394 g/mol. The Morgan fingerprint density at radius 2 is 2.07 bits per heavy atom. The van der Waals surface area contributed by atoms with Crippen molar-refractivity contribution in [3.8, 4) is 17.1 Å². The fourth-order valence-corrected chi connectivity index (χ4v) is 3.26. The molecule has 0 spiro atoms. The van der Waals surface area contributed by atoms with Crippen LogP contribution in [0.5, 0.6) is 0 Å². The number of hydrogen-bond donors (Lipinski definition) is 2. The zero-order valence-electron chi connectivity index (χ0n) is 15.2. The number of thiazole rings is 1. The molecule has 0 radical (unpaired) electrons. The fourth-order valence-electron chi connectivity index (χ4n) is 2.57. The first-order chi connectivity index (χ1) is 14.1. The maximum absolute atomic E-state index is 12.7. The van der Waals surface area contributed by atoms with Gasteiger partial charge in [-0.3, -0.25) is 14.9 Å². The third-order valence-corrected chi connectivity index (χ3v) is 4.65. The maximum atomic E-state index is 12.7. The predicted octanol–water partition coefficient (Wildman–Crippen LogP) is 2.27. The Balaban J connectivity index is 1.49. The second-order valence-corrected chi connectivity index (χ2v) is 6.80. The van der Waals surface area contributed by atoms with E-state index in [9.17, 15) is 9.59 Å². The molecule has 10 nitrogen and oxygen atoms in total. The highest BCUT2D eigenvalue weighted by atomic mass is 32.1. The second-order valence-electron chi connectivity index (χ2n) is 5.94. The summed E-state index contributed by atoms with van der Waals surface area (Å²) < 4.78 is 7.10. The lowest BCUT2D eigenvalue weighted by molar-refractivity contribution is -0.119. The van der Waals surface area contributed by atoms with Gasteiger partial charge in [0.1, 0.15) is 17.8 Å². The number of nitrogens with zero attached hydrogens (tertiary/aromatic N) is 5. The van der Waals surface area contributed by atoms with E-state index in [1.54, 1.807) is 41.8 Å². The van der Waals surface area contributed by atoms with Crippen LogP contribution in [0.15, 0.2) is 52.5 Å². The van der Waals surface area contributed by atoms with Crippen LogP contribution in [-0.2, 0) is 11.3 Å². The number of para-hydroxylation sites is 1. The molecule has 0 atom stereocenters. The highest BCUT2D eigenvalue weighted by Crippen LogP contribution is 2.27. The molecule has 3 aromatic heterocycles. The van der Waals surface area contributed by atoms with Crippen LogP contribution in [0.3, 0.4) is 0 Å². The zero-order valence-corrected chi connectivity index (χ0v) is 16.0. The SMILES string of the molecule is CC(=O)NCc1ccc(-c2csc(NC(=O)c3ccccc3-n3cnnn3)n2)o1. The molecule has 0 aliphatic rings. The summed E-state index contributed by atoms with van der Waals surface area (Å²) in [5, 5.41) is 18.7. The molecule has 0 aliphatic heterocycles. The molecule has 146 valence electrons. The van der Waals surface area contributed by atoms with Crippen LogP contribution in [0.4, 0.5) is 5.13 Å². The Morgan fingerprint density at radius 1 is 1.21 bits per heavy atom. The lowest BCUT2D eigenvalue weighted by atomic mass is 10.1. The van der Waals surface area contributed by atoms with Crippen molar-refractivity contribution in [2.24, 2.45) is 0 Å². The van der Waals surface area contributed by atoms with Crippen molar-refractivity contribution in [3.05, 3.63) is 59.4 Å². The molecule has 1 aromatic carbocycles. The molecule has 29 heavy (non-hydrogen) atoms. The van der Waals surface area contributed by atoms with Gasteiger partial charge in [0.15, 0.2) is 10.9 Å². The van der Waals surface area contributed by atoms with E-state index in [0.717, 1.165) is 0 Å². The number of hydrogen-bond acceptors (Lipinski definition) is 8. The summed E-state index contributed by atoms with van der Waals surface area (Å²) in [4.78, 5) is 28.1. The van der Waals surface area contributed by atoms with Gasteiger partial charge in [-0.05, 0) is 34.7 Å². The molecule has 11 heteroatoms. The van der Waals surface area contributed by atoms with Crippen molar-refractivity contribution in [2.45, 2.75) is 13.5 Å². The van der Waals surface area contributed by atoms with E-state index in [1.165, 1.54) is 29.3 Å². The summed E-state index contributed by atoms with van der Waals surface area (Å²) in [7, 11) is 0. The summed E-state index contributed by atoms with van der Waals surface area (Å²) in [6, 6.07) is 10.5. The first-order valence-electron chi connectivity index (χ1n) is 8.53. The highest BCUT2D eigenvalue weighted by molar-refractivity contribution is 7.14. The lowest BCUT2D eigenvalue weighted by Gasteiger charge is -2.07. The molecule has 4 rings (SSSR count). The van der Waals surface area contributed by atoms with Crippen molar-refractivity contribution >= 4 is 28.3 Å². The van der Waals surface area contributed by atoms with E-state index >= 15 is 0 Å². The molecule has 2 amide bonds. The number of rotatable bonds is 6. The van der Waals surface area contributed by atoms with E-state index in [2.05, 4.69) is 31.1 Å². The largest absolute Gasteiger partial charge is 0.458 e. The van der Waals surface area contributed by atoms with Gasteiger partial charge in [-0.15, -0.1) is 16.4 Å². The van der Waals surface area contributed by atoms with Crippen LogP contribution < -0.4 is 10.6 Å². The molecule has 0 aliphatic carbocycles. The van der Waals surface area contributed by atoms with Gasteiger partial charge in [-0.2, -0.15) is 4.68 Å². The van der Waals surface area contributed by atoms with Crippen molar-refractivity contribution in [1.29, 1.82) is 0 Å². The summed E-state index contributed by atoms with van der Waals surface area (Å²) >= 11 is 1.28.